The fourth-order valence-electron chi connectivity index (χ4n) is 4.95. The Balaban J connectivity index is 1.76. The van der Waals surface area contributed by atoms with E-state index in [1.807, 2.05) is 12.1 Å². The first kappa shape index (κ1) is 16.7. The Morgan fingerprint density at radius 3 is 2.85 bits per heavy atom. The molecule has 2 aromatic carbocycles. The molecule has 0 saturated carbocycles. The van der Waals surface area contributed by atoms with Crippen molar-refractivity contribution in [3.05, 3.63) is 51.7 Å². The summed E-state index contributed by atoms with van der Waals surface area (Å²) in [6.45, 7) is 0.426. The maximum Gasteiger partial charge on any atom is 0.231 e. The summed E-state index contributed by atoms with van der Waals surface area (Å²) in [6, 6.07) is 7.05. The van der Waals surface area contributed by atoms with Crippen molar-refractivity contribution in [2.45, 2.75) is 24.5 Å². The van der Waals surface area contributed by atoms with Crippen LogP contribution in [0.4, 0.5) is 0 Å². The number of phenols is 1. The highest BCUT2D eigenvalue weighted by atomic mass is 16.7. The lowest BCUT2D eigenvalue weighted by Gasteiger charge is -2.57. The van der Waals surface area contributed by atoms with E-state index in [4.69, 9.17) is 14.2 Å². The molecule has 7 nitrogen and oxygen atoms in total. The summed E-state index contributed by atoms with van der Waals surface area (Å²) < 4.78 is 15.7. The van der Waals surface area contributed by atoms with Gasteiger partial charge in [0.05, 0.1) is 20.7 Å². The van der Waals surface area contributed by atoms with Crippen LogP contribution < -0.4 is 14.2 Å². The molecule has 0 saturated heterocycles. The van der Waals surface area contributed by atoms with E-state index in [0.29, 0.717) is 47.8 Å². The lowest BCUT2D eigenvalue weighted by Crippen LogP contribution is -2.61. The standard InChI is InChI=1S/C20H21NO6/c1-21(24)6-5-11-7-16(25-2)14(22)8-13(11)20(21)9-12-3-4-15-18(27-10-26-15)17(12)19(20)23/h3-4,7-8,19,22-23H,5-6,9-10H2,1-2H3/t19-,20+,21?/m1/s1. The molecule has 0 bridgehead atoms. The number of hydrogen-bond donors (Lipinski definition) is 2. The minimum atomic E-state index is -1.15. The molecule has 7 heteroatoms. The molecule has 0 amide bonds. The largest absolute Gasteiger partial charge is 0.632 e. The number of likely N-dealkylation sites (N-methyl/N-ethyl adjacent to an activating group) is 1. The summed E-state index contributed by atoms with van der Waals surface area (Å²) in [4.78, 5) is 0. The monoisotopic (exact) mass is 371 g/mol. The van der Waals surface area contributed by atoms with Crippen LogP contribution in [0.2, 0.25) is 0 Å². The van der Waals surface area contributed by atoms with Gasteiger partial charge in [-0.25, -0.2) is 0 Å². The van der Waals surface area contributed by atoms with Crippen molar-refractivity contribution in [2.24, 2.45) is 0 Å². The molecule has 2 aromatic rings. The third-order valence-corrected chi connectivity index (χ3v) is 6.38. The van der Waals surface area contributed by atoms with Crippen LogP contribution in [-0.4, -0.2) is 42.4 Å². The second-order valence-electron chi connectivity index (χ2n) is 7.63. The molecular weight excluding hydrogens is 350 g/mol. The fraction of sp³-hybridized carbons (Fsp3) is 0.400. The first-order valence-electron chi connectivity index (χ1n) is 8.95. The number of quaternary nitrogens is 1. The summed E-state index contributed by atoms with van der Waals surface area (Å²) in [5.74, 6) is 1.43. The van der Waals surface area contributed by atoms with E-state index < -0.39 is 16.3 Å². The molecule has 3 aliphatic rings. The molecule has 3 atom stereocenters. The van der Waals surface area contributed by atoms with Crippen LogP contribution in [0.1, 0.15) is 28.4 Å². The Bertz CT molecular complexity index is 956. The van der Waals surface area contributed by atoms with Gasteiger partial charge in [-0.1, -0.05) is 6.07 Å². The van der Waals surface area contributed by atoms with Crippen LogP contribution in [0.15, 0.2) is 24.3 Å². The zero-order valence-electron chi connectivity index (χ0n) is 15.2. The van der Waals surface area contributed by atoms with Crippen LogP contribution in [0, 0.1) is 5.21 Å². The number of aliphatic hydroxyl groups is 1. The molecule has 27 heavy (non-hydrogen) atoms. The summed E-state index contributed by atoms with van der Waals surface area (Å²) in [5.41, 5.74) is 1.92. The van der Waals surface area contributed by atoms with Gasteiger partial charge in [0.25, 0.3) is 0 Å². The predicted octanol–water partition coefficient (Wildman–Crippen LogP) is 2.12. The van der Waals surface area contributed by atoms with Crippen molar-refractivity contribution in [1.82, 2.24) is 0 Å². The molecule has 0 radical (unpaired) electrons. The van der Waals surface area contributed by atoms with E-state index in [1.54, 1.807) is 19.2 Å². The first-order valence-corrected chi connectivity index (χ1v) is 8.95. The van der Waals surface area contributed by atoms with Gasteiger partial charge in [0.15, 0.2) is 28.5 Å². The van der Waals surface area contributed by atoms with Gasteiger partial charge >= 0.3 is 0 Å². The van der Waals surface area contributed by atoms with Crippen molar-refractivity contribution in [3.8, 4) is 23.0 Å². The Hall–Kier alpha value is -2.48. The van der Waals surface area contributed by atoms with Gasteiger partial charge in [0, 0.05) is 24.0 Å². The molecule has 2 heterocycles. The highest BCUT2D eigenvalue weighted by molar-refractivity contribution is 5.60. The highest BCUT2D eigenvalue weighted by Crippen LogP contribution is 2.59. The second-order valence-corrected chi connectivity index (χ2v) is 7.63. The number of methoxy groups -OCH3 is 1. The van der Waals surface area contributed by atoms with E-state index in [0.717, 1.165) is 11.1 Å². The molecule has 0 fully saturated rings. The predicted molar refractivity (Wildman–Crippen MR) is 95.7 cm³/mol. The van der Waals surface area contributed by atoms with Gasteiger partial charge in [0.1, 0.15) is 6.10 Å². The molecule has 1 spiro atoms. The first-order chi connectivity index (χ1) is 12.9. The number of hydrogen-bond acceptors (Lipinski definition) is 6. The number of fused-ring (bicyclic) bond motifs is 5. The van der Waals surface area contributed by atoms with Crippen LogP contribution in [0.3, 0.4) is 0 Å². The van der Waals surface area contributed by atoms with Gasteiger partial charge in [-0.2, -0.15) is 0 Å². The quantitative estimate of drug-likeness (QED) is 0.589. The SMILES string of the molecule is COc1cc2c(cc1O)[C@]1(Cc3ccc4c(c3[C@H]1O)OCO4)[N+](C)([O-])CC2. The smallest absolute Gasteiger partial charge is 0.231 e. The number of aliphatic hydroxyl groups excluding tert-OH is 1. The van der Waals surface area contributed by atoms with Crippen molar-refractivity contribution < 1.29 is 29.1 Å². The van der Waals surface area contributed by atoms with Gasteiger partial charge < -0.3 is 34.3 Å². The Morgan fingerprint density at radius 1 is 1.26 bits per heavy atom. The molecule has 0 aromatic heterocycles. The summed E-state index contributed by atoms with van der Waals surface area (Å²) >= 11 is 0. The number of benzene rings is 2. The Labute approximate surface area is 156 Å². The van der Waals surface area contributed by atoms with Crippen molar-refractivity contribution in [3.63, 3.8) is 0 Å². The molecule has 1 aliphatic carbocycles. The zero-order valence-corrected chi connectivity index (χ0v) is 15.2. The number of ether oxygens (including phenoxy) is 3. The summed E-state index contributed by atoms with van der Waals surface area (Å²) in [5, 5.41) is 35.5. The fourth-order valence-corrected chi connectivity index (χ4v) is 4.95. The van der Waals surface area contributed by atoms with Gasteiger partial charge in [-0.05, 0) is 29.3 Å². The van der Waals surface area contributed by atoms with Crippen molar-refractivity contribution >= 4 is 0 Å². The topological polar surface area (TPSA) is 91.2 Å². The molecule has 5 rings (SSSR count). The average molecular weight is 371 g/mol. The Morgan fingerprint density at radius 2 is 2.07 bits per heavy atom. The van der Waals surface area contributed by atoms with Crippen LogP contribution in [0.5, 0.6) is 23.0 Å². The van der Waals surface area contributed by atoms with Crippen LogP contribution in [0.25, 0.3) is 0 Å². The third kappa shape index (κ3) is 1.96. The second kappa shape index (κ2) is 5.28. The molecule has 2 aliphatic heterocycles. The van der Waals surface area contributed by atoms with Crippen LogP contribution in [-0.2, 0) is 18.4 Å². The van der Waals surface area contributed by atoms with Crippen molar-refractivity contribution in [2.75, 3.05) is 27.5 Å². The maximum atomic E-state index is 13.7. The molecule has 2 N–H and O–H groups in total. The summed E-state index contributed by atoms with van der Waals surface area (Å²) in [6.07, 6.45) is -0.161. The van der Waals surface area contributed by atoms with Gasteiger partial charge in [-0.15, -0.1) is 0 Å². The minimum absolute atomic E-state index is 0.0366. The lowest BCUT2D eigenvalue weighted by atomic mass is 9.76. The maximum absolute atomic E-state index is 13.7. The molecule has 142 valence electrons. The average Bonchev–Trinajstić information content (AvgIpc) is 3.22. The number of nitrogens with zero attached hydrogens (tertiary/aromatic N) is 1. The van der Waals surface area contributed by atoms with Crippen LogP contribution >= 0.6 is 0 Å². The third-order valence-electron chi connectivity index (χ3n) is 6.38. The minimum Gasteiger partial charge on any atom is -0.632 e. The molecular formula is C20H21NO6. The highest BCUT2D eigenvalue weighted by Gasteiger charge is 2.60. The van der Waals surface area contributed by atoms with E-state index in [2.05, 4.69) is 0 Å². The molecule has 1 unspecified atom stereocenters. The number of phenolic OH excluding ortho intramolecular Hbond substituents is 1. The van der Waals surface area contributed by atoms with Gasteiger partial charge in [0.2, 0.25) is 6.79 Å². The van der Waals surface area contributed by atoms with E-state index >= 15 is 0 Å². The number of rotatable bonds is 1. The summed E-state index contributed by atoms with van der Waals surface area (Å²) in [7, 11) is 3.09. The van der Waals surface area contributed by atoms with E-state index in [-0.39, 0.29) is 12.5 Å². The van der Waals surface area contributed by atoms with E-state index in [1.165, 1.54) is 7.11 Å². The van der Waals surface area contributed by atoms with Crippen molar-refractivity contribution in [1.29, 1.82) is 0 Å². The normalized spacial score (nSPS) is 30.3. The number of aromatic hydroxyl groups is 1. The Kier molecular flexibility index (Phi) is 3.26. The van der Waals surface area contributed by atoms with E-state index in [9.17, 15) is 15.4 Å². The lowest BCUT2D eigenvalue weighted by molar-refractivity contribution is -0.929. The zero-order chi connectivity index (χ0) is 19.0. The number of hydroxylamine groups is 3. The van der Waals surface area contributed by atoms with Gasteiger partial charge in [-0.3, -0.25) is 0 Å².